The van der Waals surface area contributed by atoms with Gasteiger partial charge in [0.05, 0.1) is 0 Å². The number of hydrogen-bond donors (Lipinski definition) is 2. The summed E-state index contributed by atoms with van der Waals surface area (Å²) in [6.45, 7) is 9.33. The molecule has 0 aliphatic carbocycles. The highest BCUT2D eigenvalue weighted by molar-refractivity contribution is 5.80. The van der Waals surface area contributed by atoms with Crippen molar-refractivity contribution in [3.05, 3.63) is 71.3 Å². The number of carbonyl (C=O) groups excluding carboxylic acids is 1. The molecule has 2 aliphatic rings. The van der Waals surface area contributed by atoms with Crippen LogP contribution in [0.5, 0.6) is 0 Å². The summed E-state index contributed by atoms with van der Waals surface area (Å²) >= 11 is 0. The fraction of sp³-hybridized carbons (Fsp3) is 0.481. The molecule has 1 amide bonds. The fourth-order valence-electron chi connectivity index (χ4n) is 4.84. The Balaban J connectivity index is 1.22. The first-order valence-corrected chi connectivity index (χ1v) is 12.3. The molecule has 0 spiro atoms. The Hall–Kier alpha value is -2.86. The SMILES string of the molecule is CCNC(=NCCCC(=O)N1Cc2ccccc2C1)NC1CC(C)N(Cc2ccccc2)C1. The number of aliphatic imine (C=N–C) groups is 1. The molecule has 2 aromatic carbocycles. The molecule has 6 nitrogen and oxygen atoms in total. The van der Waals surface area contributed by atoms with Crippen molar-refractivity contribution < 1.29 is 4.79 Å². The van der Waals surface area contributed by atoms with Crippen LogP contribution in [0.1, 0.15) is 49.8 Å². The van der Waals surface area contributed by atoms with E-state index in [4.69, 9.17) is 4.99 Å². The minimum absolute atomic E-state index is 0.223. The van der Waals surface area contributed by atoms with Gasteiger partial charge in [0, 0.05) is 57.8 Å². The second kappa shape index (κ2) is 11.3. The van der Waals surface area contributed by atoms with Crippen molar-refractivity contribution in [3.63, 3.8) is 0 Å². The maximum absolute atomic E-state index is 12.6. The van der Waals surface area contributed by atoms with E-state index < -0.39 is 0 Å². The maximum Gasteiger partial charge on any atom is 0.223 e. The van der Waals surface area contributed by atoms with E-state index in [2.05, 4.69) is 71.8 Å². The minimum atomic E-state index is 0.223. The number of amides is 1. The van der Waals surface area contributed by atoms with Crippen LogP contribution in [0.4, 0.5) is 0 Å². The molecule has 2 aromatic rings. The standard InChI is InChI=1S/C27H37N5O/c1-3-28-27(30-25-16-21(2)31(20-25)17-22-10-5-4-6-11-22)29-15-9-14-26(33)32-18-23-12-7-8-13-24(23)19-32/h4-8,10-13,21,25H,3,9,14-20H2,1-2H3,(H2,28,29,30). The van der Waals surface area contributed by atoms with Gasteiger partial charge in [-0.3, -0.25) is 14.7 Å². The van der Waals surface area contributed by atoms with Crippen LogP contribution in [-0.2, 0) is 24.4 Å². The normalized spacial score (nSPS) is 20.7. The van der Waals surface area contributed by atoms with Gasteiger partial charge in [-0.1, -0.05) is 54.6 Å². The zero-order chi connectivity index (χ0) is 23.0. The van der Waals surface area contributed by atoms with Crippen molar-refractivity contribution in [1.82, 2.24) is 20.4 Å². The first-order chi connectivity index (χ1) is 16.1. The van der Waals surface area contributed by atoms with Crippen LogP contribution in [-0.4, -0.2) is 53.4 Å². The number of nitrogens with one attached hydrogen (secondary N) is 2. The quantitative estimate of drug-likeness (QED) is 0.369. The van der Waals surface area contributed by atoms with Crippen molar-refractivity contribution in [1.29, 1.82) is 0 Å². The number of benzene rings is 2. The van der Waals surface area contributed by atoms with Crippen LogP contribution in [0.2, 0.25) is 0 Å². The Kier molecular flexibility index (Phi) is 8.00. The summed E-state index contributed by atoms with van der Waals surface area (Å²) in [5.74, 6) is 1.08. The first kappa shape index (κ1) is 23.3. The summed E-state index contributed by atoms with van der Waals surface area (Å²) in [6, 6.07) is 19.9. The Morgan fingerprint density at radius 1 is 1.06 bits per heavy atom. The minimum Gasteiger partial charge on any atom is -0.357 e. The van der Waals surface area contributed by atoms with E-state index in [9.17, 15) is 4.79 Å². The van der Waals surface area contributed by atoms with Gasteiger partial charge >= 0.3 is 0 Å². The Morgan fingerprint density at radius 2 is 1.76 bits per heavy atom. The predicted octanol–water partition coefficient (Wildman–Crippen LogP) is 3.53. The zero-order valence-corrected chi connectivity index (χ0v) is 20.0. The molecule has 2 N–H and O–H groups in total. The summed E-state index contributed by atoms with van der Waals surface area (Å²) in [5.41, 5.74) is 3.90. The molecule has 33 heavy (non-hydrogen) atoms. The van der Waals surface area contributed by atoms with E-state index in [-0.39, 0.29) is 5.91 Å². The average molecular weight is 448 g/mol. The number of hydrogen-bond acceptors (Lipinski definition) is 3. The Bertz CT molecular complexity index is 920. The summed E-state index contributed by atoms with van der Waals surface area (Å²) < 4.78 is 0. The number of guanidine groups is 1. The molecule has 1 fully saturated rings. The molecular weight excluding hydrogens is 410 g/mol. The number of rotatable bonds is 8. The Morgan fingerprint density at radius 3 is 2.45 bits per heavy atom. The van der Waals surface area contributed by atoms with Gasteiger partial charge in [0.25, 0.3) is 0 Å². The smallest absolute Gasteiger partial charge is 0.223 e. The zero-order valence-electron chi connectivity index (χ0n) is 20.0. The molecule has 1 saturated heterocycles. The molecule has 4 rings (SSSR count). The van der Waals surface area contributed by atoms with Gasteiger partial charge in [0.15, 0.2) is 5.96 Å². The molecular formula is C27H37N5O. The number of likely N-dealkylation sites (tertiary alicyclic amines) is 1. The summed E-state index contributed by atoms with van der Waals surface area (Å²) in [5, 5.41) is 6.99. The largest absolute Gasteiger partial charge is 0.357 e. The van der Waals surface area contributed by atoms with Crippen molar-refractivity contribution in [2.45, 2.75) is 64.8 Å². The lowest BCUT2D eigenvalue weighted by molar-refractivity contribution is -0.131. The van der Waals surface area contributed by atoms with E-state index in [0.29, 0.717) is 25.0 Å². The van der Waals surface area contributed by atoms with E-state index in [1.54, 1.807) is 0 Å². The topological polar surface area (TPSA) is 60.0 Å². The second-order valence-corrected chi connectivity index (χ2v) is 9.22. The Labute approximate surface area is 198 Å². The van der Waals surface area contributed by atoms with Crippen LogP contribution in [0.25, 0.3) is 0 Å². The van der Waals surface area contributed by atoms with Gasteiger partial charge in [0.1, 0.15) is 0 Å². The molecule has 2 atom stereocenters. The molecule has 6 heteroatoms. The molecule has 176 valence electrons. The monoisotopic (exact) mass is 447 g/mol. The van der Waals surface area contributed by atoms with Crippen molar-refractivity contribution in [2.24, 2.45) is 4.99 Å². The number of fused-ring (bicyclic) bond motifs is 1. The number of carbonyl (C=O) groups is 1. The van der Waals surface area contributed by atoms with Crippen LogP contribution >= 0.6 is 0 Å². The van der Waals surface area contributed by atoms with Crippen molar-refractivity contribution >= 4 is 11.9 Å². The van der Waals surface area contributed by atoms with Gasteiger partial charge in [-0.2, -0.15) is 0 Å². The van der Waals surface area contributed by atoms with Crippen LogP contribution in [0.3, 0.4) is 0 Å². The van der Waals surface area contributed by atoms with Crippen molar-refractivity contribution in [3.8, 4) is 0 Å². The lowest BCUT2D eigenvalue weighted by atomic mass is 10.1. The van der Waals surface area contributed by atoms with E-state index >= 15 is 0 Å². The maximum atomic E-state index is 12.6. The molecule has 2 heterocycles. The highest BCUT2D eigenvalue weighted by atomic mass is 16.2. The van der Waals surface area contributed by atoms with Gasteiger partial charge in [-0.15, -0.1) is 0 Å². The summed E-state index contributed by atoms with van der Waals surface area (Å²) in [7, 11) is 0. The van der Waals surface area contributed by atoms with Crippen LogP contribution in [0, 0.1) is 0 Å². The highest BCUT2D eigenvalue weighted by Gasteiger charge is 2.29. The second-order valence-electron chi connectivity index (χ2n) is 9.22. The third kappa shape index (κ3) is 6.35. The predicted molar refractivity (Wildman–Crippen MR) is 134 cm³/mol. The van der Waals surface area contributed by atoms with Crippen LogP contribution < -0.4 is 10.6 Å². The fourth-order valence-corrected chi connectivity index (χ4v) is 4.84. The van der Waals surface area contributed by atoms with Gasteiger partial charge < -0.3 is 15.5 Å². The average Bonchev–Trinajstić information content (AvgIpc) is 3.40. The lowest BCUT2D eigenvalue weighted by Gasteiger charge is -2.21. The van der Waals surface area contributed by atoms with Crippen molar-refractivity contribution in [2.75, 3.05) is 19.6 Å². The third-order valence-electron chi connectivity index (χ3n) is 6.63. The van der Waals surface area contributed by atoms with E-state index in [1.165, 1.54) is 16.7 Å². The molecule has 0 saturated carbocycles. The highest BCUT2D eigenvalue weighted by Crippen LogP contribution is 2.23. The third-order valence-corrected chi connectivity index (χ3v) is 6.63. The molecule has 2 unspecified atom stereocenters. The first-order valence-electron chi connectivity index (χ1n) is 12.3. The van der Waals surface area contributed by atoms with Crippen LogP contribution in [0.15, 0.2) is 59.6 Å². The van der Waals surface area contributed by atoms with Gasteiger partial charge in [-0.05, 0) is 43.4 Å². The summed E-state index contributed by atoms with van der Waals surface area (Å²) in [4.78, 5) is 21.9. The molecule has 0 bridgehead atoms. The summed E-state index contributed by atoms with van der Waals surface area (Å²) in [6.07, 6.45) is 2.41. The molecule has 2 aliphatic heterocycles. The molecule has 0 aromatic heterocycles. The molecule has 0 radical (unpaired) electrons. The van der Waals surface area contributed by atoms with E-state index in [0.717, 1.165) is 51.5 Å². The van der Waals surface area contributed by atoms with E-state index in [1.807, 2.05) is 17.0 Å². The van der Waals surface area contributed by atoms with Gasteiger partial charge in [-0.25, -0.2) is 0 Å². The van der Waals surface area contributed by atoms with Gasteiger partial charge in [0.2, 0.25) is 5.91 Å². The lowest BCUT2D eigenvalue weighted by Crippen LogP contribution is -2.44. The number of nitrogens with zero attached hydrogens (tertiary/aromatic N) is 3.